The van der Waals surface area contributed by atoms with Crippen molar-refractivity contribution in [2.24, 2.45) is 0 Å². The van der Waals surface area contributed by atoms with Crippen LogP contribution < -0.4 is 0 Å². The minimum atomic E-state index is -0.374. The fourth-order valence-electron chi connectivity index (χ4n) is 1.97. The number of ether oxygens (including phenoxy) is 2. The van der Waals surface area contributed by atoms with Gasteiger partial charge in [0, 0.05) is 6.42 Å². The van der Waals surface area contributed by atoms with Crippen LogP contribution in [0, 0.1) is 0 Å². The Morgan fingerprint density at radius 1 is 1.33 bits per heavy atom. The van der Waals surface area contributed by atoms with E-state index in [1.807, 2.05) is 6.92 Å². The largest absolute Gasteiger partial charge is 0.347 e. The first kappa shape index (κ1) is 10.0. The molecule has 72 valence electrons. The molecular formula is C10H20O2. The SMILES string of the molecule is CC[C@]1(C)O[C@H](C)CC(C)(C)O1. The molecule has 2 atom stereocenters. The predicted molar refractivity (Wildman–Crippen MR) is 49.0 cm³/mol. The van der Waals surface area contributed by atoms with Gasteiger partial charge in [-0.25, -0.2) is 0 Å². The second kappa shape index (κ2) is 3.00. The summed E-state index contributed by atoms with van der Waals surface area (Å²) in [4.78, 5) is 0. The van der Waals surface area contributed by atoms with Gasteiger partial charge in [0.15, 0.2) is 5.79 Å². The Labute approximate surface area is 75.2 Å². The minimum Gasteiger partial charge on any atom is -0.347 e. The van der Waals surface area contributed by atoms with Crippen molar-refractivity contribution in [1.29, 1.82) is 0 Å². The van der Waals surface area contributed by atoms with Crippen LogP contribution in [0.15, 0.2) is 0 Å². The Hall–Kier alpha value is -0.0800. The molecule has 0 aliphatic carbocycles. The first-order valence-corrected chi connectivity index (χ1v) is 4.75. The summed E-state index contributed by atoms with van der Waals surface area (Å²) >= 11 is 0. The van der Waals surface area contributed by atoms with Gasteiger partial charge in [0.25, 0.3) is 0 Å². The van der Waals surface area contributed by atoms with E-state index in [0.29, 0.717) is 6.10 Å². The van der Waals surface area contributed by atoms with Gasteiger partial charge in [-0.3, -0.25) is 0 Å². The van der Waals surface area contributed by atoms with E-state index in [4.69, 9.17) is 9.47 Å². The molecule has 1 heterocycles. The Bertz CT molecular complexity index is 165. The van der Waals surface area contributed by atoms with Crippen LogP contribution in [0.5, 0.6) is 0 Å². The Morgan fingerprint density at radius 3 is 2.33 bits per heavy atom. The summed E-state index contributed by atoms with van der Waals surface area (Å²) in [7, 11) is 0. The van der Waals surface area contributed by atoms with Crippen LogP contribution >= 0.6 is 0 Å². The van der Waals surface area contributed by atoms with Gasteiger partial charge in [-0.2, -0.15) is 0 Å². The smallest absolute Gasteiger partial charge is 0.166 e. The van der Waals surface area contributed by atoms with Crippen molar-refractivity contribution in [2.75, 3.05) is 0 Å². The molecule has 1 aliphatic heterocycles. The topological polar surface area (TPSA) is 18.5 Å². The van der Waals surface area contributed by atoms with Gasteiger partial charge < -0.3 is 9.47 Å². The molecule has 1 saturated heterocycles. The van der Waals surface area contributed by atoms with E-state index in [0.717, 1.165) is 12.8 Å². The second-order valence-electron chi connectivity index (χ2n) is 4.48. The standard InChI is InChI=1S/C10H20O2/c1-6-10(5)11-8(2)7-9(3,4)12-10/h8H,6-7H2,1-5H3/t8-,10-/m1/s1. The summed E-state index contributed by atoms with van der Waals surface area (Å²) in [5.41, 5.74) is -0.0393. The van der Waals surface area contributed by atoms with Crippen LogP contribution in [-0.2, 0) is 9.47 Å². The molecule has 0 bridgehead atoms. The van der Waals surface area contributed by atoms with Crippen LogP contribution in [0.1, 0.15) is 47.5 Å². The first-order chi connectivity index (χ1) is 5.37. The lowest BCUT2D eigenvalue weighted by molar-refractivity contribution is -0.331. The molecule has 2 nitrogen and oxygen atoms in total. The fraction of sp³-hybridized carbons (Fsp3) is 1.00. The quantitative estimate of drug-likeness (QED) is 0.605. The van der Waals surface area contributed by atoms with E-state index in [-0.39, 0.29) is 11.4 Å². The van der Waals surface area contributed by atoms with Crippen LogP contribution in [0.3, 0.4) is 0 Å². The highest BCUT2D eigenvalue weighted by Crippen LogP contribution is 2.35. The molecule has 0 spiro atoms. The summed E-state index contributed by atoms with van der Waals surface area (Å²) in [5, 5.41) is 0. The number of hydrogen-bond acceptors (Lipinski definition) is 2. The molecule has 0 saturated carbocycles. The Morgan fingerprint density at radius 2 is 1.92 bits per heavy atom. The summed E-state index contributed by atoms with van der Waals surface area (Å²) in [5.74, 6) is -0.374. The second-order valence-corrected chi connectivity index (χ2v) is 4.48. The van der Waals surface area contributed by atoms with Crippen LogP contribution in [0.4, 0.5) is 0 Å². The van der Waals surface area contributed by atoms with Crippen LogP contribution in [-0.4, -0.2) is 17.5 Å². The lowest BCUT2D eigenvalue weighted by Gasteiger charge is -2.45. The zero-order valence-electron chi connectivity index (χ0n) is 8.81. The first-order valence-electron chi connectivity index (χ1n) is 4.75. The molecule has 1 rings (SSSR count). The zero-order chi connectivity index (χ0) is 9.41. The van der Waals surface area contributed by atoms with Gasteiger partial charge in [0.05, 0.1) is 11.7 Å². The summed E-state index contributed by atoms with van der Waals surface area (Å²) in [6.07, 6.45) is 2.18. The maximum atomic E-state index is 5.86. The Balaban J connectivity index is 2.70. The highest BCUT2D eigenvalue weighted by Gasteiger charge is 2.40. The van der Waals surface area contributed by atoms with Gasteiger partial charge in [0.2, 0.25) is 0 Å². The van der Waals surface area contributed by atoms with E-state index in [1.54, 1.807) is 0 Å². The van der Waals surface area contributed by atoms with Gasteiger partial charge in [-0.1, -0.05) is 6.92 Å². The van der Waals surface area contributed by atoms with Crippen molar-refractivity contribution in [3.05, 3.63) is 0 Å². The van der Waals surface area contributed by atoms with Crippen molar-refractivity contribution >= 4 is 0 Å². The van der Waals surface area contributed by atoms with E-state index >= 15 is 0 Å². The molecule has 0 aromatic rings. The molecule has 1 fully saturated rings. The van der Waals surface area contributed by atoms with Gasteiger partial charge in [0.1, 0.15) is 0 Å². The molecule has 0 aromatic carbocycles. The molecule has 2 heteroatoms. The van der Waals surface area contributed by atoms with E-state index in [9.17, 15) is 0 Å². The normalized spacial score (nSPS) is 41.2. The summed E-state index contributed by atoms with van der Waals surface area (Å²) in [6, 6.07) is 0. The van der Waals surface area contributed by atoms with Crippen molar-refractivity contribution in [3.8, 4) is 0 Å². The number of hydrogen-bond donors (Lipinski definition) is 0. The predicted octanol–water partition coefficient (Wildman–Crippen LogP) is 2.72. The lowest BCUT2D eigenvalue weighted by Crippen LogP contribution is -2.49. The molecule has 0 amide bonds. The van der Waals surface area contributed by atoms with Crippen molar-refractivity contribution in [3.63, 3.8) is 0 Å². The van der Waals surface area contributed by atoms with Crippen molar-refractivity contribution < 1.29 is 9.47 Å². The van der Waals surface area contributed by atoms with Crippen LogP contribution in [0.25, 0.3) is 0 Å². The third-order valence-electron chi connectivity index (χ3n) is 2.36. The molecule has 12 heavy (non-hydrogen) atoms. The maximum absolute atomic E-state index is 5.86. The van der Waals surface area contributed by atoms with Crippen LogP contribution in [0.2, 0.25) is 0 Å². The molecule has 1 aliphatic rings. The van der Waals surface area contributed by atoms with Gasteiger partial charge in [-0.15, -0.1) is 0 Å². The third kappa shape index (κ3) is 2.20. The zero-order valence-corrected chi connectivity index (χ0v) is 8.81. The number of rotatable bonds is 1. The van der Waals surface area contributed by atoms with E-state index < -0.39 is 0 Å². The molecule has 0 unspecified atom stereocenters. The molecule has 0 N–H and O–H groups in total. The van der Waals surface area contributed by atoms with E-state index in [1.165, 1.54) is 0 Å². The molecule has 0 aromatic heterocycles. The van der Waals surface area contributed by atoms with Crippen molar-refractivity contribution in [2.45, 2.75) is 65.0 Å². The lowest BCUT2D eigenvalue weighted by atomic mass is 9.98. The maximum Gasteiger partial charge on any atom is 0.166 e. The Kier molecular flexibility index (Phi) is 2.50. The molecular weight excluding hydrogens is 152 g/mol. The monoisotopic (exact) mass is 172 g/mol. The summed E-state index contributed by atoms with van der Waals surface area (Å²) < 4.78 is 11.6. The fourth-order valence-corrected chi connectivity index (χ4v) is 1.97. The van der Waals surface area contributed by atoms with Gasteiger partial charge >= 0.3 is 0 Å². The highest BCUT2D eigenvalue weighted by atomic mass is 16.7. The van der Waals surface area contributed by atoms with E-state index in [2.05, 4.69) is 27.7 Å². The average molecular weight is 172 g/mol. The third-order valence-corrected chi connectivity index (χ3v) is 2.36. The average Bonchev–Trinajstić information content (AvgIpc) is 1.82. The summed E-state index contributed by atoms with van der Waals surface area (Å²) in [6.45, 7) is 10.5. The highest BCUT2D eigenvalue weighted by molar-refractivity contribution is 4.82. The van der Waals surface area contributed by atoms with Gasteiger partial charge in [-0.05, 0) is 34.1 Å². The molecule has 0 radical (unpaired) electrons. The minimum absolute atomic E-state index is 0.0393. The van der Waals surface area contributed by atoms with Crippen molar-refractivity contribution in [1.82, 2.24) is 0 Å².